The number of imide groups is 1. The normalized spacial score (nSPS) is 21.0. The Bertz CT molecular complexity index is 922. The minimum atomic E-state index is -1.15. The van der Waals surface area contributed by atoms with E-state index in [1.165, 1.54) is 0 Å². The van der Waals surface area contributed by atoms with Gasteiger partial charge < -0.3 is 10.1 Å². The van der Waals surface area contributed by atoms with Crippen molar-refractivity contribution in [3.63, 3.8) is 0 Å². The zero-order chi connectivity index (χ0) is 19.0. The number of fused-ring (bicyclic) bond motifs is 2. The van der Waals surface area contributed by atoms with Crippen LogP contribution < -0.4 is 10.1 Å². The van der Waals surface area contributed by atoms with Crippen LogP contribution in [0.25, 0.3) is 0 Å². The van der Waals surface area contributed by atoms with Gasteiger partial charge in [0.2, 0.25) is 0 Å². The van der Waals surface area contributed by atoms with Gasteiger partial charge in [-0.3, -0.25) is 14.5 Å². The van der Waals surface area contributed by atoms with E-state index in [-0.39, 0.29) is 12.3 Å². The maximum Gasteiger partial charge on any atom is 0.325 e. The van der Waals surface area contributed by atoms with Crippen LogP contribution in [0.4, 0.5) is 4.79 Å². The van der Waals surface area contributed by atoms with Crippen molar-refractivity contribution < 1.29 is 19.1 Å². The highest BCUT2D eigenvalue weighted by molar-refractivity contribution is 6.11. The number of urea groups is 1. The van der Waals surface area contributed by atoms with Gasteiger partial charge in [-0.25, -0.2) is 4.79 Å². The molecule has 1 saturated heterocycles. The predicted octanol–water partition coefficient (Wildman–Crippen LogP) is 2.66. The number of benzene rings is 2. The first-order valence-electron chi connectivity index (χ1n) is 9.04. The predicted molar refractivity (Wildman–Crippen MR) is 98.6 cm³/mol. The smallest absolute Gasteiger partial charge is 0.325 e. The van der Waals surface area contributed by atoms with E-state index in [0.29, 0.717) is 29.9 Å². The van der Waals surface area contributed by atoms with E-state index in [9.17, 15) is 14.4 Å². The van der Waals surface area contributed by atoms with E-state index < -0.39 is 17.5 Å². The number of hydrogen-bond donors (Lipinski definition) is 1. The van der Waals surface area contributed by atoms with E-state index >= 15 is 0 Å². The van der Waals surface area contributed by atoms with Gasteiger partial charge in [-0.1, -0.05) is 49.4 Å². The van der Waals surface area contributed by atoms with Gasteiger partial charge >= 0.3 is 6.03 Å². The van der Waals surface area contributed by atoms with Crippen molar-refractivity contribution in [3.05, 3.63) is 65.2 Å². The van der Waals surface area contributed by atoms with E-state index in [1.807, 2.05) is 25.1 Å². The maximum absolute atomic E-state index is 13.2. The molecule has 2 aromatic carbocycles. The number of rotatable bonds is 4. The Kier molecular flexibility index (Phi) is 4.18. The summed E-state index contributed by atoms with van der Waals surface area (Å²) in [4.78, 5) is 39.3. The van der Waals surface area contributed by atoms with Gasteiger partial charge in [0.15, 0.2) is 11.3 Å². The number of ether oxygens (including phenoxy) is 1. The molecule has 0 saturated carbocycles. The molecule has 2 heterocycles. The lowest BCUT2D eigenvalue weighted by atomic mass is 9.84. The molecule has 1 atom stereocenters. The van der Waals surface area contributed by atoms with Crippen molar-refractivity contribution in [2.24, 2.45) is 0 Å². The molecule has 1 N–H and O–H groups in total. The molecule has 27 heavy (non-hydrogen) atoms. The number of carbonyl (C=O) groups is 3. The van der Waals surface area contributed by atoms with Crippen LogP contribution in [0.2, 0.25) is 0 Å². The van der Waals surface area contributed by atoms with Gasteiger partial charge in [0.1, 0.15) is 5.75 Å². The molecule has 1 spiro atoms. The first-order valence-corrected chi connectivity index (χ1v) is 9.04. The zero-order valence-corrected chi connectivity index (χ0v) is 15.0. The fourth-order valence-electron chi connectivity index (χ4n) is 3.68. The zero-order valence-electron chi connectivity index (χ0n) is 15.0. The second kappa shape index (κ2) is 6.54. The van der Waals surface area contributed by atoms with Crippen LogP contribution in [0.3, 0.4) is 0 Å². The number of carbonyl (C=O) groups excluding carboxylic acids is 3. The van der Waals surface area contributed by atoms with Gasteiger partial charge in [-0.2, -0.15) is 0 Å². The first kappa shape index (κ1) is 17.3. The van der Waals surface area contributed by atoms with E-state index in [0.717, 1.165) is 16.9 Å². The summed E-state index contributed by atoms with van der Waals surface area (Å²) in [6.07, 6.45) is 1.22. The molecule has 3 amide bonds. The van der Waals surface area contributed by atoms with E-state index in [4.69, 9.17) is 4.74 Å². The highest BCUT2D eigenvalue weighted by Gasteiger charge is 2.55. The Hall–Kier alpha value is -3.15. The number of nitrogens with zero attached hydrogens (tertiary/aromatic N) is 1. The number of ketones is 1. The van der Waals surface area contributed by atoms with Crippen LogP contribution >= 0.6 is 0 Å². The van der Waals surface area contributed by atoms with Gasteiger partial charge in [0, 0.05) is 17.5 Å². The summed E-state index contributed by atoms with van der Waals surface area (Å²) < 4.78 is 5.61. The van der Waals surface area contributed by atoms with Crippen molar-refractivity contribution in [1.29, 1.82) is 0 Å². The lowest BCUT2D eigenvalue weighted by Gasteiger charge is -2.33. The maximum atomic E-state index is 13.2. The number of para-hydroxylation sites is 1. The van der Waals surface area contributed by atoms with Crippen LogP contribution in [0.15, 0.2) is 48.5 Å². The molecule has 1 fully saturated rings. The molecule has 6 heteroatoms. The average Bonchev–Trinajstić information content (AvgIpc) is 2.93. The monoisotopic (exact) mass is 364 g/mol. The Labute approximate surface area is 157 Å². The van der Waals surface area contributed by atoms with E-state index in [2.05, 4.69) is 5.32 Å². The molecule has 138 valence electrons. The molecular formula is C21H20N2O4. The van der Waals surface area contributed by atoms with Crippen molar-refractivity contribution in [1.82, 2.24) is 10.2 Å². The van der Waals surface area contributed by atoms with Crippen LogP contribution in [0.1, 0.15) is 34.8 Å². The molecule has 0 bridgehead atoms. The van der Waals surface area contributed by atoms with Crippen molar-refractivity contribution in [3.8, 4) is 5.75 Å². The molecule has 2 aliphatic rings. The topological polar surface area (TPSA) is 75.7 Å². The van der Waals surface area contributed by atoms with Crippen molar-refractivity contribution in [2.45, 2.75) is 25.3 Å². The summed E-state index contributed by atoms with van der Waals surface area (Å²) in [7, 11) is 0. The number of amides is 3. The largest absolute Gasteiger partial charge is 0.493 e. The number of Topliss-reactive ketones (excluding diaryl/α,β-unsaturated/α-hetero) is 1. The van der Waals surface area contributed by atoms with Crippen molar-refractivity contribution in [2.75, 3.05) is 13.2 Å². The molecule has 0 aliphatic carbocycles. The summed E-state index contributed by atoms with van der Waals surface area (Å²) in [6, 6.07) is 13.9. The molecule has 0 aromatic heterocycles. The lowest BCUT2D eigenvalue weighted by Crippen LogP contribution is -2.47. The summed E-state index contributed by atoms with van der Waals surface area (Å²) in [5, 5.41) is 2.81. The molecule has 2 aliphatic heterocycles. The SMILES string of the molecule is CCc1ccc(C(=O)CN2C(=O)N[C@]3(CCOc4ccccc43)C2=O)cc1. The molecule has 4 rings (SSSR count). The van der Waals surface area contributed by atoms with Crippen LogP contribution in [-0.4, -0.2) is 35.8 Å². The third-order valence-electron chi connectivity index (χ3n) is 5.24. The van der Waals surface area contributed by atoms with Crippen LogP contribution in [0, 0.1) is 0 Å². The number of nitrogens with one attached hydrogen (secondary N) is 1. The van der Waals surface area contributed by atoms with Crippen molar-refractivity contribution >= 4 is 17.7 Å². The summed E-state index contributed by atoms with van der Waals surface area (Å²) in [5.41, 5.74) is 1.09. The minimum Gasteiger partial charge on any atom is -0.493 e. The van der Waals surface area contributed by atoms with Gasteiger partial charge in [0.25, 0.3) is 5.91 Å². The molecule has 2 aromatic rings. The van der Waals surface area contributed by atoms with Gasteiger partial charge in [0.05, 0.1) is 13.2 Å². The minimum absolute atomic E-state index is 0.265. The highest BCUT2D eigenvalue weighted by Crippen LogP contribution is 2.40. The molecule has 0 radical (unpaired) electrons. The Balaban J connectivity index is 1.60. The number of hydrogen-bond acceptors (Lipinski definition) is 4. The second-order valence-corrected chi connectivity index (χ2v) is 6.80. The van der Waals surface area contributed by atoms with E-state index in [1.54, 1.807) is 30.3 Å². The van der Waals surface area contributed by atoms with Gasteiger partial charge in [-0.05, 0) is 18.1 Å². The Morgan fingerprint density at radius 1 is 1.15 bits per heavy atom. The number of aryl methyl sites for hydroxylation is 1. The Morgan fingerprint density at radius 3 is 2.63 bits per heavy atom. The lowest BCUT2D eigenvalue weighted by molar-refractivity contribution is -0.132. The summed E-state index contributed by atoms with van der Waals surface area (Å²) >= 11 is 0. The fourth-order valence-corrected chi connectivity index (χ4v) is 3.68. The third kappa shape index (κ3) is 2.77. The average molecular weight is 364 g/mol. The van der Waals surface area contributed by atoms with Gasteiger partial charge in [-0.15, -0.1) is 0 Å². The second-order valence-electron chi connectivity index (χ2n) is 6.80. The molecule has 0 unspecified atom stereocenters. The Morgan fingerprint density at radius 2 is 1.89 bits per heavy atom. The third-order valence-corrected chi connectivity index (χ3v) is 5.24. The first-order chi connectivity index (χ1) is 13.0. The summed E-state index contributed by atoms with van der Waals surface area (Å²) in [5.74, 6) is -0.0824. The summed E-state index contributed by atoms with van der Waals surface area (Å²) in [6.45, 7) is 2.08. The quantitative estimate of drug-likeness (QED) is 0.668. The van der Waals surface area contributed by atoms with Crippen LogP contribution in [-0.2, 0) is 16.8 Å². The highest BCUT2D eigenvalue weighted by atomic mass is 16.5. The molecule has 6 nitrogen and oxygen atoms in total. The van der Waals surface area contributed by atoms with Crippen LogP contribution in [0.5, 0.6) is 5.75 Å². The standard InChI is InChI=1S/C21H20N2O4/c1-2-14-7-9-15(10-8-14)17(24)13-23-19(25)21(22-20(23)26)11-12-27-18-6-4-3-5-16(18)21/h3-10H,2,11-13H2,1H3,(H,22,26)/t21-/m0/s1. The molecular weight excluding hydrogens is 344 g/mol. The fraction of sp³-hybridized carbons (Fsp3) is 0.286.